The number of carbonyl (C=O) groups is 1. The molecule has 8 nitrogen and oxygen atoms in total. The summed E-state index contributed by atoms with van der Waals surface area (Å²) in [7, 11) is -5.16. The van der Waals surface area contributed by atoms with Crippen LogP contribution in [0.1, 0.15) is 19.3 Å². The molecule has 1 aliphatic rings. The predicted octanol–water partition coefficient (Wildman–Crippen LogP) is -1.02. The number of sulfonamides is 1. The highest BCUT2D eigenvalue weighted by atomic mass is 32.2. The fourth-order valence-corrected chi connectivity index (χ4v) is 5.34. The van der Waals surface area contributed by atoms with Gasteiger partial charge in [0.2, 0.25) is 15.9 Å². The first kappa shape index (κ1) is 19.3. The first-order chi connectivity index (χ1) is 10.2. The molecule has 1 N–H and O–H groups in total. The Labute approximate surface area is 132 Å². The Hall–Kier alpha value is -0.710. The van der Waals surface area contributed by atoms with Gasteiger partial charge in [-0.3, -0.25) is 4.79 Å². The molecule has 10 heteroatoms. The Morgan fingerprint density at radius 3 is 2.59 bits per heavy atom. The van der Waals surface area contributed by atoms with Crippen LogP contribution in [0.15, 0.2) is 0 Å². The minimum Gasteiger partial charge on any atom is -0.385 e. The molecular weight excluding hydrogens is 332 g/mol. The second kappa shape index (κ2) is 8.23. The molecule has 1 heterocycles. The minimum atomic E-state index is -3.55. The van der Waals surface area contributed by atoms with Crippen LogP contribution in [0.25, 0.3) is 0 Å². The van der Waals surface area contributed by atoms with Gasteiger partial charge < -0.3 is 10.1 Å². The Bertz CT molecular complexity index is 572. The lowest BCUT2D eigenvalue weighted by Gasteiger charge is -2.25. The summed E-state index contributed by atoms with van der Waals surface area (Å²) >= 11 is 0. The fourth-order valence-electron chi connectivity index (χ4n) is 2.37. The van der Waals surface area contributed by atoms with Crippen molar-refractivity contribution < 1.29 is 26.4 Å². The molecule has 0 saturated carbocycles. The second-order valence-electron chi connectivity index (χ2n) is 5.38. The number of nitrogens with zero attached hydrogens (tertiary/aromatic N) is 1. The van der Waals surface area contributed by atoms with E-state index in [-0.39, 0.29) is 36.8 Å². The zero-order valence-electron chi connectivity index (χ0n) is 12.9. The van der Waals surface area contributed by atoms with Crippen molar-refractivity contribution in [1.82, 2.24) is 9.62 Å². The average molecular weight is 356 g/mol. The van der Waals surface area contributed by atoms with E-state index in [4.69, 9.17) is 4.74 Å². The van der Waals surface area contributed by atoms with Gasteiger partial charge in [-0.2, -0.15) is 4.31 Å². The van der Waals surface area contributed by atoms with Crippen molar-refractivity contribution in [2.24, 2.45) is 0 Å². The third kappa shape index (κ3) is 6.59. The Balaban J connectivity index is 2.52. The van der Waals surface area contributed by atoms with Crippen molar-refractivity contribution in [2.75, 3.05) is 44.6 Å². The van der Waals surface area contributed by atoms with Gasteiger partial charge in [-0.15, -0.1) is 0 Å². The molecule has 130 valence electrons. The zero-order valence-corrected chi connectivity index (χ0v) is 14.6. The van der Waals surface area contributed by atoms with Gasteiger partial charge in [0.25, 0.3) is 0 Å². The molecule has 1 amide bonds. The van der Waals surface area contributed by atoms with Crippen molar-refractivity contribution in [2.45, 2.75) is 25.3 Å². The zero-order chi connectivity index (χ0) is 16.8. The van der Waals surface area contributed by atoms with Gasteiger partial charge in [-0.1, -0.05) is 0 Å². The van der Waals surface area contributed by atoms with E-state index in [1.165, 1.54) is 0 Å². The molecule has 0 aromatic rings. The average Bonchev–Trinajstić information content (AvgIpc) is 2.73. The van der Waals surface area contributed by atoms with E-state index in [0.29, 0.717) is 19.6 Å². The number of hydrogen-bond donors (Lipinski definition) is 1. The molecule has 0 aliphatic carbocycles. The SMILES string of the molecule is COCCCNC(=O)CCN(C1CCS(=O)(=O)C1)S(C)(=O)=O. The number of carbonyl (C=O) groups excluding carboxylic acids is 1. The number of ether oxygens (including phenoxy) is 1. The second-order valence-corrected chi connectivity index (χ2v) is 9.54. The van der Waals surface area contributed by atoms with Crippen LogP contribution in [0.3, 0.4) is 0 Å². The minimum absolute atomic E-state index is 0.00483. The Morgan fingerprint density at radius 2 is 2.09 bits per heavy atom. The van der Waals surface area contributed by atoms with Gasteiger partial charge in [-0.25, -0.2) is 16.8 Å². The topological polar surface area (TPSA) is 110 Å². The van der Waals surface area contributed by atoms with Crippen LogP contribution in [0.4, 0.5) is 0 Å². The number of amides is 1. The van der Waals surface area contributed by atoms with Crippen LogP contribution in [0.2, 0.25) is 0 Å². The molecule has 1 rings (SSSR count). The maximum atomic E-state index is 11.8. The van der Waals surface area contributed by atoms with E-state index < -0.39 is 25.9 Å². The van der Waals surface area contributed by atoms with Crippen molar-refractivity contribution in [1.29, 1.82) is 0 Å². The standard InChI is InChI=1S/C12H24N2O6S2/c1-20-8-3-6-13-12(15)4-7-14(21(2,16)17)11-5-9-22(18,19)10-11/h11H,3-10H2,1-2H3,(H,13,15). The van der Waals surface area contributed by atoms with Crippen LogP contribution in [-0.2, 0) is 29.4 Å². The maximum absolute atomic E-state index is 11.8. The summed E-state index contributed by atoms with van der Waals surface area (Å²) < 4.78 is 52.6. The first-order valence-electron chi connectivity index (χ1n) is 7.08. The molecule has 0 spiro atoms. The number of methoxy groups -OCH3 is 1. The molecule has 1 aliphatic heterocycles. The highest BCUT2D eigenvalue weighted by Gasteiger charge is 2.36. The highest BCUT2D eigenvalue weighted by molar-refractivity contribution is 7.92. The number of rotatable bonds is 9. The monoisotopic (exact) mass is 356 g/mol. The molecule has 0 aromatic carbocycles. The summed E-state index contributed by atoms with van der Waals surface area (Å²) in [6.45, 7) is 0.994. The van der Waals surface area contributed by atoms with E-state index in [0.717, 1.165) is 10.6 Å². The summed E-state index contributed by atoms with van der Waals surface area (Å²) in [5.74, 6) is -0.437. The van der Waals surface area contributed by atoms with Crippen LogP contribution < -0.4 is 5.32 Å². The molecule has 0 radical (unpaired) electrons. The summed E-state index contributed by atoms with van der Waals surface area (Å²) in [6.07, 6.45) is 2.01. The Morgan fingerprint density at radius 1 is 1.41 bits per heavy atom. The van der Waals surface area contributed by atoms with Crippen molar-refractivity contribution in [3.05, 3.63) is 0 Å². The van der Waals surface area contributed by atoms with E-state index in [2.05, 4.69) is 5.32 Å². The third-order valence-electron chi connectivity index (χ3n) is 3.45. The predicted molar refractivity (Wildman–Crippen MR) is 82.7 cm³/mol. The quantitative estimate of drug-likeness (QED) is 0.530. The summed E-state index contributed by atoms with van der Waals surface area (Å²) in [6, 6.07) is -0.568. The van der Waals surface area contributed by atoms with Gasteiger partial charge in [-0.05, 0) is 12.8 Å². The van der Waals surface area contributed by atoms with E-state index in [1.807, 2.05) is 0 Å². The molecular formula is C12H24N2O6S2. The van der Waals surface area contributed by atoms with Crippen LogP contribution in [0, 0.1) is 0 Å². The number of nitrogens with one attached hydrogen (secondary N) is 1. The van der Waals surface area contributed by atoms with Gasteiger partial charge in [0, 0.05) is 39.3 Å². The smallest absolute Gasteiger partial charge is 0.221 e. The van der Waals surface area contributed by atoms with Gasteiger partial charge in [0.1, 0.15) is 0 Å². The van der Waals surface area contributed by atoms with Gasteiger partial charge in [0.05, 0.1) is 17.8 Å². The molecule has 1 fully saturated rings. The van der Waals surface area contributed by atoms with Crippen molar-refractivity contribution in [3.8, 4) is 0 Å². The summed E-state index contributed by atoms with van der Waals surface area (Å²) in [5, 5.41) is 2.67. The fraction of sp³-hybridized carbons (Fsp3) is 0.917. The first-order valence-corrected chi connectivity index (χ1v) is 10.8. The normalized spacial score (nSPS) is 21.1. The maximum Gasteiger partial charge on any atom is 0.221 e. The number of hydrogen-bond acceptors (Lipinski definition) is 6. The third-order valence-corrected chi connectivity index (χ3v) is 6.53. The molecule has 0 bridgehead atoms. The highest BCUT2D eigenvalue weighted by Crippen LogP contribution is 2.20. The molecule has 1 atom stereocenters. The van der Waals surface area contributed by atoms with Crippen LogP contribution in [-0.4, -0.2) is 77.7 Å². The molecule has 1 unspecified atom stereocenters. The molecule has 22 heavy (non-hydrogen) atoms. The lowest BCUT2D eigenvalue weighted by Crippen LogP contribution is -2.42. The van der Waals surface area contributed by atoms with Crippen LogP contribution in [0.5, 0.6) is 0 Å². The lowest BCUT2D eigenvalue weighted by atomic mass is 10.2. The molecule has 0 aromatic heterocycles. The van der Waals surface area contributed by atoms with E-state index >= 15 is 0 Å². The van der Waals surface area contributed by atoms with Gasteiger partial charge >= 0.3 is 0 Å². The number of sulfone groups is 1. The largest absolute Gasteiger partial charge is 0.385 e. The summed E-state index contributed by atoms with van der Waals surface area (Å²) in [5.41, 5.74) is 0. The van der Waals surface area contributed by atoms with Crippen molar-refractivity contribution in [3.63, 3.8) is 0 Å². The van der Waals surface area contributed by atoms with Crippen molar-refractivity contribution >= 4 is 25.8 Å². The van der Waals surface area contributed by atoms with E-state index in [9.17, 15) is 21.6 Å². The lowest BCUT2D eigenvalue weighted by molar-refractivity contribution is -0.121. The van der Waals surface area contributed by atoms with E-state index in [1.54, 1.807) is 7.11 Å². The summed E-state index contributed by atoms with van der Waals surface area (Å²) in [4.78, 5) is 11.7. The van der Waals surface area contributed by atoms with Gasteiger partial charge in [0.15, 0.2) is 9.84 Å². The Kier molecular flexibility index (Phi) is 7.23. The van der Waals surface area contributed by atoms with Crippen LogP contribution >= 0.6 is 0 Å². The molecule has 1 saturated heterocycles.